The van der Waals surface area contributed by atoms with Crippen molar-refractivity contribution in [3.05, 3.63) is 36.0 Å². The van der Waals surface area contributed by atoms with Gasteiger partial charge >= 0.3 is 0 Å². The molecule has 0 aliphatic carbocycles. The minimum absolute atomic E-state index is 0.129. The molecule has 0 saturated heterocycles. The number of nitriles is 1. The van der Waals surface area contributed by atoms with Gasteiger partial charge in [0.25, 0.3) is 16.0 Å². The van der Waals surface area contributed by atoms with E-state index in [0.717, 1.165) is 18.9 Å². The number of benzene rings is 1. The first kappa shape index (κ1) is 19.6. The van der Waals surface area contributed by atoms with Gasteiger partial charge in [0, 0.05) is 25.0 Å². The summed E-state index contributed by atoms with van der Waals surface area (Å²) in [7, 11) is -4.37. The second-order valence-electron chi connectivity index (χ2n) is 4.87. The zero-order valence-corrected chi connectivity index (χ0v) is 13.7. The van der Waals surface area contributed by atoms with Crippen LogP contribution in [0.4, 0.5) is 5.69 Å². The Labute approximate surface area is 140 Å². The molecule has 0 bridgehead atoms. The third-order valence-electron chi connectivity index (χ3n) is 2.98. The lowest BCUT2D eigenvalue weighted by molar-refractivity contribution is -0.112. The van der Waals surface area contributed by atoms with Crippen molar-refractivity contribution in [2.45, 2.75) is 24.2 Å². The molecule has 4 N–H and O–H groups in total. The van der Waals surface area contributed by atoms with E-state index in [1.807, 2.05) is 0 Å². The van der Waals surface area contributed by atoms with Crippen molar-refractivity contribution in [2.75, 3.05) is 18.5 Å². The van der Waals surface area contributed by atoms with E-state index in [1.165, 1.54) is 24.4 Å². The Kier molecular flexibility index (Phi) is 7.91. The number of carbonyl (C=O) groups is 1. The number of nitrogens with one attached hydrogen (secondary N) is 2. The van der Waals surface area contributed by atoms with Crippen molar-refractivity contribution in [3.8, 4) is 6.07 Å². The monoisotopic (exact) mass is 353 g/mol. The van der Waals surface area contributed by atoms with Crippen molar-refractivity contribution in [1.82, 2.24) is 5.32 Å². The molecule has 0 fully saturated rings. The summed E-state index contributed by atoms with van der Waals surface area (Å²) >= 11 is 0. The second-order valence-corrected chi connectivity index (χ2v) is 6.29. The molecule has 1 aromatic carbocycles. The Morgan fingerprint density at radius 2 is 2.04 bits per heavy atom. The van der Waals surface area contributed by atoms with E-state index in [4.69, 9.17) is 14.9 Å². The first-order chi connectivity index (χ1) is 11.4. The Hall–Kier alpha value is -2.41. The third-order valence-corrected chi connectivity index (χ3v) is 3.83. The van der Waals surface area contributed by atoms with Gasteiger partial charge in [0.15, 0.2) is 0 Å². The zero-order valence-electron chi connectivity index (χ0n) is 12.9. The molecule has 0 heterocycles. The number of carbonyl (C=O) groups excluding carboxylic acids is 1. The van der Waals surface area contributed by atoms with E-state index >= 15 is 0 Å². The number of aliphatic hydroxyl groups is 1. The molecule has 1 amide bonds. The number of hydrogen-bond acceptors (Lipinski definition) is 6. The van der Waals surface area contributed by atoms with Crippen LogP contribution in [0.3, 0.4) is 0 Å². The number of rotatable bonds is 9. The molecular weight excluding hydrogens is 334 g/mol. The number of unbranched alkanes of at least 4 members (excludes halogenated alkanes) is 2. The molecule has 0 radical (unpaired) electrons. The van der Waals surface area contributed by atoms with Gasteiger partial charge in [-0.15, -0.1) is 0 Å². The van der Waals surface area contributed by atoms with Crippen LogP contribution in [0.15, 0.2) is 40.9 Å². The first-order valence-electron chi connectivity index (χ1n) is 7.22. The van der Waals surface area contributed by atoms with Crippen LogP contribution in [0.5, 0.6) is 0 Å². The number of nitrogens with zero attached hydrogens (tertiary/aromatic N) is 1. The Balaban J connectivity index is 2.66. The van der Waals surface area contributed by atoms with Gasteiger partial charge in [0.05, 0.1) is 4.90 Å². The van der Waals surface area contributed by atoms with E-state index in [2.05, 4.69) is 10.6 Å². The maximum Gasteiger partial charge on any atom is 0.294 e. The van der Waals surface area contributed by atoms with E-state index < -0.39 is 16.0 Å². The molecule has 9 heteroatoms. The summed E-state index contributed by atoms with van der Waals surface area (Å²) < 4.78 is 31.1. The van der Waals surface area contributed by atoms with Crippen molar-refractivity contribution in [1.29, 1.82) is 5.26 Å². The average Bonchev–Trinajstić information content (AvgIpc) is 2.53. The molecule has 0 saturated carbocycles. The lowest BCUT2D eigenvalue weighted by atomic mass is 10.2. The number of aliphatic hydroxyl groups excluding tert-OH is 1. The van der Waals surface area contributed by atoms with Crippen molar-refractivity contribution in [3.63, 3.8) is 0 Å². The zero-order chi connectivity index (χ0) is 18.0. The molecular formula is C15H19N3O5S. The highest BCUT2D eigenvalue weighted by molar-refractivity contribution is 7.85. The van der Waals surface area contributed by atoms with Crippen LogP contribution in [-0.4, -0.2) is 37.1 Å². The normalized spacial score (nSPS) is 11.6. The lowest BCUT2D eigenvalue weighted by Gasteiger charge is -2.06. The fraction of sp³-hybridized carbons (Fsp3) is 0.333. The van der Waals surface area contributed by atoms with Crippen molar-refractivity contribution < 1.29 is 22.9 Å². The molecule has 0 aliphatic rings. The van der Waals surface area contributed by atoms with Gasteiger partial charge in [0.2, 0.25) is 0 Å². The molecule has 8 nitrogen and oxygen atoms in total. The minimum Gasteiger partial charge on any atom is -0.396 e. The largest absolute Gasteiger partial charge is 0.396 e. The SMILES string of the molecule is N#C/C(=C/NCCCCCO)C(=O)Nc1cccc(S(=O)(=O)O)c1. The summed E-state index contributed by atoms with van der Waals surface area (Å²) in [5.74, 6) is -0.701. The quantitative estimate of drug-likeness (QED) is 0.225. The van der Waals surface area contributed by atoms with Crippen LogP contribution >= 0.6 is 0 Å². The Bertz CT molecular complexity index is 738. The van der Waals surface area contributed by atoms with Gasteiger partial charge in [-0.1, -0.05) is 6.07 Å². The summed E-state index contributed by atoms with van der Waals surface area (Å²) in [4.78, 5) is 11.6. The predicted molar refractivity (Wildman–Crippen MR) is 87.5 cm³/mol. The third kappa shape index (κ3) is 6.78. The van der Waals surface area contributed by atoms with Crippen LogP contribution in [0, 0.1) is 11.3 Å². The minimum atomic E-state index is -4.37. The van der Waals surface area contributed by atoms with E-state index in [0.29, 0.717) is 13.0 Å². The summed E-state index contributed by atoms with van der Waals surface area (Å²) in [6, 6.07) is 6.81. The van der Waals surface area contributed by atoms with Gasteiger partial charge in [-0.2, -0.15) is 13.7 Å². The molecule has 0 aromatic heterocycles. The predicted octanol–water partition coefficient (Wildman–Crippen LogP) is 1.03. The maximum absolute atomic E-state index is 12.0. The van der Waals surface area contributed by atoms with Gasteiger partial charge < -0.3 is 15.7 Å². The van der Waals surface area contributed by atoms with Crippen LogP contribution < -0.4 is 10.6 Å². The van der Waals surface area contributed by atoms with E-state index in [-0.39, 0.29) is 22.8 Å². The van der Waals surface area contributed by atoms with Gasteiger partial charge in [-0.05, 0) is 37.5 Å². The summed E-state index contributed by atoms with van der Waals surface area (Å²) in [5, 5.41) is 22.9. The molecule has 0 atom stereocenters. The summed E-state index contributed by atoms with van der Waals surface area (Å²) in [6.07, 6.45) is 3.59. The molecule has 0 aliphatic heterocycles. The fourth-order valence-electron chi connectivity index (χ4n) is 1.77. The second kappa shape index (κ2) is 9.67. The Morgan fingerprint density at radius 3 is 2.67 bits per heavy atom. The smallest absolute Gasteiger partial charge is 0.294 e. The van der Waals surface area contributed by atoms with E-state index in [1.54, 1.807) is 6.07 Å². The number of hydrogen-bond donors (Lipinski definition) is 4. The van der Waals surface area contributed by atoms with Crippen LogP contribution in [0.25, 0.3) is 0 Å². The van der Waals surface area contributed by atoms with Crippen LogP contribution in [0.1, 0.15) is 19.3 Å². The molecule has 0 spiro atoms. The standard InChI is InChI=1S/C15H19N3O5S/c16-10-12(11-17-7-2-1-3-8-19)15(20)18-13-5-4-6-14(9-13)24(21,22)23/h4-6,9,11,17,19H,1-3,7-8H2,(H,18,20)(H,21,22,23)/b12-11-. The van der Waals surface area contributed by atoms with Gasteiger partial charge in [0.1, 0.15) is 11.6 Å². The molecule has 130 valence electrons. The average molecular weight is 353 g/mol. The van der Waals surface area contributed by atoms with Crippen molar-refractivity contribution >= 4 is 21.7 Å². The van der Waals surface area contributed by atoms with Crippen molar-refractivity contribution in [2.24, 2.45) is 0 Å². The van der Waals surface area contributed by atoms with Gasteiger partial charge in [-0.3, -0.25) is 9.35 Å². The van der Waals surface area contributed by atoms with Crippen LogP contribution in [0.2, 0.25) is 0 Å². The molecule has 24 heavy (non-hydrogen) atoms. The summed E-state index contributed by atoms with van der Waals surface area (Å²) in [6.45, 7) is 0.682. The number of anilines is 1. The summed E-state index contributed by atoms with van der Waals surface area (Å²) in [5.41, 5.74) is -0.0337. The molecule has 0 unspecified atom stereocenters. The van der Waals surface area contributed by atoms with E-state index in [9.17, 15) is 13.2 Å². The van der Waals surface area contributed by atoms with Crippen LogP contribution in [-0.2, 0) is 14.9 Å². The topological polar surface area (TPSA) is 140 Å². The Morgan fingerprint density at radius 1 is 1.29 bits per heavy atom. The highest BCUT2D eigenvalue weighted by Gasteiger charge is 2.13. The highest BCUT2D eigenvalue weighted by atomic mass is 32.2. The van der Waals surface area contributed by atoms with Gasteiger partial charge in [-0.25, -0.2) is 0 Å². The number of amides is 1. The molecule has 1 aromatic rings. The fourth-order valence-corrected chi connectivity index (χ4v) is 2.30. The maximum atomic E-state index is 12.0. The highest BCUT2D eigenvalue weighted by Crippen LogP contribution is 2.15. The molecule has 1 rings (SSSR count). The first-order valence-corrected chi connectivity index (χ1v) is 8.66. The lowest BCUT2D eigenvalue weighted by Crippen LogP contribution is -2.17.